The van der Waals surface area contributed by atoms with Crippen LogP contribution in [0.1, 0.15) is 40.0 Å². The number of amides is 1. The van der Waals surface area contributed by atoms with Crippen molar-refractivity contribution in [1.29, 1.82) is 0 Å². The third kappa shape index (κ3) is 6.97. The van der Waals surface area contributed by atoms with Crippen LogP contribution in [0.5, 0.6) is 34.5 Å². The zero-order valence-corrected chi connectivity index (χ0v) is 25.3. The zero-order valence-electron chi connectivity index (χ0n) is 25.3. The fraction of sp³-hybridized carbons (Fsp3) is 0.333. The number of methoxy groups -OCH3 is 5. The topological polar surface area (TPSA) is 102 Å². The Labute approximate surface area is 251 Å². The summed E-state index contributed by atoms with van der Waals surface area (Å²) in [4.78, 5) is 27.5. The molecule has 3 aromatic rings. The normalized spacial score (nSPS) is 14.1. The highest BCUT2D eigenvalue weighted by atomic mass is 16.5. The largest absolute Gasteiger partial charge is 0.493 e. The van der Waals surface area contributed by atoms with Gasteiger partial charge in [0.1, 0.15) is 12.4 Å². The summed E-state index contributed by atoms with van der Waals surface area (Å²) in [6.07, 6.45) is 3.86. The zero-order chi connectivity index (χ0) is 30.9. The Balaban J connectivity index is 1.63. The van der Waals surface area contributed by atoms with Gasteiger partial charge in [-0.05, 0) is 84.6 Å². The summed E-state index contributed by atoms with van der Waals surface area (Å²) in [5, 5.41) is 0. The van der Waals surface area contributed by atoms with E-state index in [9.17, 15) is 9.59 Å². The van der Waals surface area contributed by atoms with Crippen LogP contribution in [-0.2, 0) is 16.0 Å². The van der Waals surface area contributed by atoms with Crippen molar-refractivity contribution in [3.63, 3.8) is 0 Å². The van der Waals surface area contributed by atoms with Crippen LogP contribution in [0.15, 0.2) is 54.6 Å². The number of carbonyl (C=O) groups excluding carboxylic acids is 2. The van der Waals surface area contributed by atoms with Gasteiger partial charge in [-0.2, -0.15) is 0 Å². The van der Waals surface area contributed by atoms with Crippen LogP contribution in [0.2, 0.25) is 0 Å². The Morgan fingerprint density at radius 1 is 0.837 bits per heavy atom. The highest BCUT2D eigenvalue weighted by Crippen LogP contribution is 2.40. The van der Waals surface area contributed by atoms with Crippen molar-refractivity contribution in [2.75, 3.05) is 55.3 Å². The number of rotatable bonds is 12. The molecule has 0 fully saturated rings. The summed E-state index contributed by atoms with van der Waals surface area (Å²) in [6.45, 7) is 2.70. The summed E-state index contributed by atoms with van der Waals surface area (Å²) < 4.78 is 38.6. The third-order valence-electron chi connectivity index (χ3n) is 7.16. The maximum atomic E-state index is 13.7. The maximum Gasteiger partial charge on any atom is 0.338 e. The highest BCUT2D eigenvalue weighted by molar-refractivity contribution is 5.92. The first-order chi connectivity index (χ1) is 20.9. The van der Waals surface area contributed by atoms with E-state index in [2.05, 4.69) is 0 Å². The molecule has 10 heteroatoms. The van der Waals surface area contributed by atoms with E-state index in [4.69, 9.17) is 33.2 Å². The van der Waals surface area contributed by atoms with E-state index in [0.717, 1.165) is 11.1 Å². The quantitative estimate of drug-likeness (QED) is 0.210. The Hall–Kier alpha value is -4.86. The SMILES string of the molecule is CCOC(=O)c1ccc(OCC2c3cc(OC)c(OC)cc3CCN2C(=O)/C=C/c2cc(OC)c(OC)c(OC)c2)cc1. The van der Waals surface area contributed by atoms with E-state index in [-0.39, 0.29) is 12.5 Å². The van der Waals surface area contributed by atoms with Gasteiger partial charge in [0.15, 0.2) is 23.0 Å². The molecule has 1 aliphatic rings. The molecule has 0 aromatic heterocycles. The summed E-state index contributed by atoms with van der Waals surface area (Å²) in [7, 11) is 7.79. The van der Waals surface area contributed by atoms with Gasteiger partial charge in [-0.1, -0.05) is 0 Å². The molecule has 1 heterocycles. The van der Waals surface area contributed by atoms with Crippen molar-refractivity contribution in [3.05, 3.63) is 76.9 Å². The van der Waals surface area contributed by atoms with Gasteiger partial charge in [-0.3, -0.25) is 4.79 Å². The van der Waals surface area contributed by atoms with Crippen LogP contribution in [0, 0.1) is 0 Å². The molecule has 0 bridgehead atoms. The van der Waals surface area contributed by atoms with Crippen molar-refractivity contribution in [2.45, 2.75) is 19.4 Å². The van der Waals surface area contributed by atoms with Gasteiger partial charge >= 0.3 is 5.97 Å². The fourth-order valence-corrected chi connectivity index (χ4v) is 5.01. The molecule has 0 radical (unpaired) electrons. The predicted molar refractivity (Wildman–Crippen MR) is 161 cm³/mol. The van der Waals surface area contributed by atoms with Crippen LogP contribution >= 0.6 is 0 Å². The molecular formula is C33H37NO9. The molecule has 0 saturated heterocycles. The predicted octanol–water partition coefficient (Wildman–Crippen LogP) is 5.12. The molecule has 0 saturated carbocycles. The van der Waals surface area contributed by atoms with Gasteiger partial charge in [-0.15, -0.1) is 0 Å². The molecular weight excluding hydrogens is 554 g/mol. The Kier molecular flexibility index (Phi) is 10.4. The first-order valence-electron chi connectivity index (χ1n) is 13.8. The number of hydrogen-bond acceptors (Lipinski definition) is 9. The first kappa shape index (κ1) is 31.1. The van der Waals surface area contributed by atoms with Crippen LogP contribution in [0.3, 0.4) is 0 Å². The average molecular weight is 592 g/mol. The number of hydrogen-bond donors (Lipinski definition) is 0. The van der Waals surface area contributed by atoms with Gasteiger partial charge in [0, 0.05) is 12.6 Å². The fourth-order valence-electron chi connectivity index (χ4n) is 5.01. The average Bonchev–Trinajstić information content (AvgIpc) is 3.04. The van der Waals surface area contributed by atoms with E-state index in [1.165, 1.54) is 13.2 Å². The van der Waals surface area contributed by atoms with E-state index in [1.807, 2.05) is 12.1 Å². The van der Waals surface area contributed by atoms with Gasteiger partial charge in [0.25, 0.3) is 0 Å². The number of ether oxygens (including phenoxy) is 7. The number of benzene rings is 3. The monoisotopic (exact) mass is 591 g/mol. The molecule has 10 nitrogen and oxygen atoms in total. The van der Waals surface area contributed by atoms with E-state index in [0.29, 0.717) is 65.2 Å². The number of esters is 1. The lowest BCUT2D eigenvalue weighted by Crippen LogP contribution is -2.41. The van der Waals surface area contributed by atoms with Crippen molar-refractivity contribution in [2.24, 2.45) is 0 Å². The molecule has 0 spiro atoms. The Morgan fingerprint density at radius 3 is 2.05 bits per heavy atom. The summed E-state index contributed by atoms with van der Waals surface area (Å²) >= 11 is 0. The number of nitrogens with zero attached hydrogens (tertiary/aromatic N) is 1. The molecule has 43 heavy (non-hydrogen) atoms. The van der Waals surface area contributed by atoms with Crippen LogP contribution in [-0.4, -0.2) is 72.1 Å². The minimum absolute atomic E-state index is 0.172. The number of fused-ring (bicyclic) bond motifs is 1. The van der Waals surface area contributed by atoms with Crippen LogP contribution in [0.4, 0.5) is 0 Å². The Morgan fingerprint density at radius 2 is 1.47 bits per heavy atom. The second-order valence-corrected chi connectivity index (χ2v) is 9.55. The maximum absolute atomic E-state index is 13.7. The minimum Gasteiger partial charge on any atom is -0.493 e. The summed E-state index contributed by atoms with van der Waals surface area (Å²) in [5.74, 6) is 2.60. The minimum atomic E-state index is -0.426. The standard InChI is InChI=1S/C33H37NO9/c1-7-42-33(36)22-9-11-24(12-10-22)43-20-26-25-19-28(38-3)27(37-2)18-23(25)14-15-34(26)31(35)13-8-21-16-29(39-4)32(41-6)30(17-21)40-5/h8-13,16-19,26H,7,14-15,20H2,1-6H3/b13-8+. The van der Waals surface area contributed by atoms with Gasteiger partial charge < -0.3 is 38.1 Å². The lowest BCUT2D eigenvalue weighted by Gasteiger charge is -2.37. The molecule has 1 unspecified atom stereocenters. The van der Waals surface area contributed by atoms with Crippen molar-refractivity contribution >= 4 is 18.0 Å². The van der Waals surface area contributed by atoms with Crippen molar-refractivity contribution in [1.82, 2.24) is 4.90 Å². The molecule has 228 valence electrons. The van der Waals surface area contributed by atoms with Crippen molar-refractivity contribution in [3.8, 4) is 34.5 Å². The van der Waals surface area contributed by atoms with Crippen molar-refractivity contribution < 1.29 is 42.7 Å². The molecule has 1 amide bonds. The van der Waals surface area contributed by atoms with Crippen LogP contribution < -0.4 is 28.4 Å². The second-order valence-electron chi connectivity index (χ2n) is 9.55. The van der Waals surface area contributed by atoms with Gasteiger partial charge in [0.2, 0.25) is 11.7 Å². The molecule has 1 atom stereocenters. The van der Waals surface area contributed by atoms with E-state index in [1.54, 1.807) is 82.7 Å². The first-order valence-corrected chi connectivity index (χ1v) is 13.8. The van der Waals surface area contributed by atoms with Crippen LogP contribution in [0.25, 0.3) is 6.08 Å². The molecule has 0 N–H and O–H groups in total. The summed E-state index contributed by atoms with van der Waals surface area (Å²) in [5.41, 5.74) is 3.09. The van der Waals surface area contributed by atoms with Gasteiger partial charge in [0.05, 0.1) is 53.8 Å². The second kappa shape index (κ2) is 14.4. The summed E-state index contributed by atoms with van der Waals surface area (Å²) in [6, 6.07) is 13.7. The lowest BCUT2D eigenvalue weighted by atomic mass is 9.92. The molecule has 3 aromatic carbocycles. The molecule has 1 aliphatic heterocycles. The lowest BCUT2D eigenvalue weighted by molar-refractivity contribution is -0.129. The smallest absolute Gasteiger partial charge is 0.338 e. The molecule has 0 aliphatic carbocycles. The number of carbonyl (C=O) groups is 2. The highest BCUT2D eigenvalue weighted by Gasteiger charge is 2.32. The molecule has 4 rings (SSSR count). The van der Waals surface area contributed by atoms with E-state index >= 15 is 0 Å². The van der Waals surface area contributed by atoms with E-state index < -0.39 is 12.0 Å². The Bertz CT molecular complexity index is 1440. The third-order valence-corrected chi connectivity index (χ3v) is 7.16. The van der Waals surface area contributed by atoms with Gasteiger partial charge in [-0.25, -0.2) is 4.79 Å².